The van der Waals surface area contributed by atoms with Gasteiger partial charge in [-0.15, -0.1) is 0 Å². The van der Waals surface area contributed by atoms with E-state index in [1.165, 1.54) is 19.3 Å². The van der Waals surface area contributed by atoms with Crippen LogP contribution in [0.25, 0.3) is 21.8 Å². The maximum Gasteiger partial charge on any atom is 0.337 e. The number of benzene rings is 2. The van der Waals surface area contributed by atoms with Gasteiger partial charge in [-0.1, -0.05) is 56.2 Å². The Hall–Kier alpha value is -2.46. The molecule has 0 radical (unpaired) electrons. The standard InChI is InChI=1S/C14H9NO2.C5H13N/c16-14(17)13-9-5-1-3-7-11(9)15-12-8-4-2-6-10(12)13;1-2-3-4-5-6/h1-8H,(H,16,17);2-6H2,1H3. The van der Waals surface area contributed by atoms with Crippen LogP contribution in [0.15, 0.2) is 48.5 Å². The van der Waals surface area contributed by atoms with E-state index in [0.717, 1.165) is 6.54 Å². The minimum absolute atomic E-state index is 0.325. The Labute approximate surface area is 136 Å². The summed E-state index contributed by atoms with van der Waals surface area (Å²) < 4.78 is 0. The number of aromatic nitrogens is 1. The van der Waals surface area contributed by atoms with Crippen LogP contribution in [-0.2, 0) is 0 Å². The third kappa shape index (κ3) is 4.05. The number of fused-ring (bicyclic) bond motifs is 2. The highest BCUT2D eigenvalue weighted by Crippen LogP contribution is 2.25. The molecule has 4 nitrogen and oxygen atoms in total. The fourth-order valence-electron chi connectivity index (χ4n) is 2.46. The molecule has 0 aliphatic heterocycles. The van der Waals surface area contributed by atoms with Crippen molar-refractivity contribution in [2.24, 2.45) is 5.73 Å². The van der Waals surface area contributed by atoms with Crippen LogP contribution in [0.3, 0.4) is 0 Å². The van der Waals surface area contributed by atoms with Crippen molar-refractivity contribution < 1.29 is 9.90 Å². The first-order valence-electron chi connectivity index (χ1n) is 7.90. The quantitative estimate of drug-likeness (QED) is 0.558. The van der Waals surface area contributed by atoms with Gasteiger partial charge in [-0.3, -0.25) is 0 Å². The normalized spacial score (nSPS) is 10.3. The van der Waals surface area contributed by atoms with Crippen molar-refractivity contribution in [1.29, 1.82) is 0 Å². The molecule has 120 valence electrons. The average Bonchev–Trinajstić information content (AvgIpc) is 2.58. The molecule has 0 spiro atoms. The zero-order chi connectivity index (χ0) is 16.7. The SMILES string of the molecule is CCCCCN.O=C(O)c1c2ccccc2nc2ccccc12. The van der Waals surface area contributed by atoms with Crippen molar-refractivity contribution >= 4 is 27.8 Å². The fourth-order valence-corrected chi connectivity index (χ4v) is 2.46. The number of carbonyl (C=O) groups is 1. The second-order valence-electron chi connectivity index (χ2n) is 5.32. The largest absolute Gasteiger partial charge is 0.478 e. The van der Waals surface area contributed by atoms with E-state index in [9.17, 15) is 9.90 Å². The third-order valence-corrected chi connectivity index (χ3v) is 3.61. The van der Waals surface area contributed by atoms with Crippen molar-refractivity contribution in [2.45, 2.75) is 26.2 Å². The third-order valence-electron chi connectivity index (χ3n) is 3.61. The molecule has 3 aromatic rings. The average molecular weight is 310 g/mol. The summed E-state index contributed by atoms with van der Waals surface area (Å²) in [7, 11) is 0. The summed E-state index contributed by atoms with van der Waals surface area (Å²) in [5.41, 5.74) is 6.96. The summed E-state index contributed by atoms with van der Waals surface area (Å²) in [5.74, 6) is -0.917. The molecule has 0 saturated heterocycles. The van der Waals surface area contributed by atoms with Gasteiger partial charge in [0.25, 0.3) is 0 Å². The molecule has 2 aromatic carbocycles. The van der Waals surface area contributed by atoms with E-state index in [0.29, 0.717) is 27.4 Å². The van der Waals surface area contributed by atoms with Gasteiger partial charge in [0.1, 0.15) is 0 Å². The Bertz CT molecular complexity index is 742. The van der Waals surface area contributed by atoms with E-state index in [-0.39, 0.29) is 0 Å². The van der Waals surface area contributed by atoms with Crippen LogP contribution in [0.4, 0.5) is 0 Å². The summed E-state index contributed by atoms with van der Waals surface area (Å²) >= 11 is 0. The van der Waals surface area contributed by atoms with Crippen LogP contribution < -0.4 is 5.73 Å². The van der Waals surface area contributed by atoms with Crippen molar-refractivity contribution in [3.8, 4) is 0 Å². The molecular formula is C19H22N2O2. The molecule has 0 saturated carbocycles. The smallest absolute Gasteiger partial charge is 0.337 e. The molecule has 1 aromatic heterocycles. The van der Waals surface area contributed by atoms with Gasteiger partial charge in [0.15, 0.2) is 0 Å². The first-order chi connectivity index (χ1) is 11.2. The second kappa shape index (κ2) is 8.25. The molecule has 1 heterocycles. The zero-order valence-corrected chi connectivity index (χ0v) is 13.3. The fraction of sp³-hybridized carbons (Fsp3) is 0.263. The van der Waals surface area contributed by atoms with Crippen molar-refractivity contribution in [3.05, 3.63) is 54.1 Å². The Morgan fingerprint density at radius 1 is 1.00 bits per heavy atom. The number of unbranched alkanes of at least 4 members (excludes halogenated alkanes) is 2. The first-order valence-corrected chi connectivity index (χ1v) is 7.90. The van der Waals surface area contributed by atoms with Gasteiger partial charge in [0.05, 0.1) is 16.6 Å². The number of hydrogen-bond acceptors (Lipinski definition) is 3. The number of hydrogen-bond donors (Lipinski definition) is 2. The lowest BCUT2D eigenvalue weighted by molar-refractivity contribution is 0.0701. The van der Waals surface area contributed by atoms with Gasteiger partial charge in [-0.25, -0.2) is 9.78 Å². The van der Waals surface area contributed by atoms with Crippen LogP contribution in [0.5, 0.6) is 0 Å². The van der Waals surface area contributed by atoms with Gasteiger partial charge < -0.3 is 10.8 Å². The van der Waals surface area contributed by atoms with E-state index in [2.05, 4.69) is 11.9 Å². The molecule has 3 rings (SSSR count). The highest BCUT2D eigenvalue weighted by Gasteiger charge is 2.13. The molecule has 0 atom stereocenters. The molecule has 3 N–H and O–H groups in total. The lowest BCUT2D eigenvalue weighted by Gasteiger charge is -2.06. The van der Waals surface area contributed by atoms with Gasteiger partial charge in [-0.05, 0) is 25.1 Å². The maximum atomic E-state index is 11.4. The highest BCUT2D eigenvalue weighted by atomic mass is 16.4. The second-order valence-corrected chi connectivity index (χ2v) is 5.32. The number of pyridine rings is 1. The van der Waals surface area contributed by atoms with E-state index in [1.807, 2.05) is 36.4 Å². The number of aromatic carboxylic acids is 1. The zero-order valence-electron chi connectivity index (χ0n) is 13.3. The number of carboxylic acid groups (broad SMARTS) is 1. The molecule has 0 unspecified atom stereocenters. The summed E-state index contributed by atoms with van der Waals surface area (Å²) in [6.45, 7) is 3.03. The summed E-state index contributed by atoms with van der Waals surface area (Å²) in [4.78, 5) is 15.9. The van der Waals surface area contributed by atoms with Crippen molar-refractivity contribution in [2.75, 3.05) is 6.54 Å². The summed E-state index contributed by atoms with van der Waals surface area (Å²) in [6, 6.07) is 14.6. The number of nitrogens with zero attached hydrogens (tertiary/aromatic N) is 1. The predicted molar refractivity (Wildman–Crippen MR) is 94.8 cm³/mol. The first kappa shape index (κ1) is 16.9. The topological polar surface area (TPSA) is 76.2 Å². The van der Waals surface area contributed by atoms with Gasteiger partial charge in [-0.2, -0.15) is 0 Å². The Morgan fingerprint density at radius 3 is 1.91 bits per heavy atom. The molecule has 0 amide bonds. The number of carboxylic acids is 1. The van der Waals surface area contributed by atoms with Gasteiger partial charge >= 0.3 is 5.97 Å². The minimum Gasteiger partial charge on any atom is -0.478 e. The van der Waals surface area contributed by atoms with Crippen LogP contribution in [0.2, 0.25) is 0 Å². The lowest BCUT2D eigenvalue weighted by atomic mass is 10.0. The number of rotatable bonds is 4. The molecule has 0 aliphatic rings. The van der Waals surface area contributed by atoms with Crippen LogP contribution in [-0.4, -0.2) is 22.6 Å². The van der Waals surface area contributed by atoms with Gasteiger partial charge in [0.2, 0.25) is 0 Å². The Kier molecular flexibility index (Phi) is 6.06. The number of nitrogens with two attached hydrogens (primary N) is 1. The number of para-hydroxylation sites is 2. The van der Waals surface area contributed by atoms with Crippen molar-refractivity contribution in [1.82, 2.24) is 4.98 Å². The van der Waals surface area contributed by atoms with Crippen LogP contribution in [0, 0.1) is 0 Å². The molecule has 0 fully saturated rings. The lowest BCUT2D eigenvalue weighted by Crippen LogP contribution is -2.00. The highest BCUT2D eigenvalue weighted by molar-refractivity contribution is 6.13. The molecule has 4 heteroatoms. The van der Waals surface area contributed by atoms with E-state index >= 15 is 0 Å². The molecule has 23 heavy (non-hydrogen) atoms. The van der Waals surface area contributed by atoms with Crippen LogP contribution in [0.1, 0.15) is 36.5 Å². The van der Waals surface area contributed by atoms with E-state index in [1.54, 1.807) is 12.1 Å². The summed E-state index contributed by atoms with van der Waals surface area (Å²) in [5, 5.41) is 10.7. The van der Waals surface area contributed by atoms with E-state index < -0.39 is 5.97 Å². The molecule has 0 aliphatic carbocycles. The summed E-state index contributed by atoms with van der Waals surface area (Å²) in [6.07, 6.45) is 3.75. The maximum absolute atomic E-state index is 11.4. The minimum atomic E-state index is -0.917. The van der Waals surface area contributed by atoms with Crippen molar-refractivity contribution in [3.63, 3.8) is 0 Å². The predicted octanol–water partition coefficient (Wildman–Crippen LogP) is 4.22. The monoisotopic (exact) mass is 310 g/mol. The van der Waals surface area contributed by atoms with Crippen LogP contribution >= 0.6 is 0 Å². The Balaban J connectivity index is 0.000000277. The Morgan fingerprint density at radius 2 is 1.52 bits per heavy atom. The molecule has 0 bridgehead atoms. The van der Waals surface area contributed by atoms with Gasteiger partial charge in [0, 0.05) is 10.8 Å². The van der Waals surface area contributed by atoms with E-state index in [4.69, 9.17) is 5.73 Å². The molecular weight excluding hydrogens is 288 g/mol.